The summed E-state index contributed by atoms with van der Waals surface area (Å²) in [6.07, 6.45) is 1.79. The van der Waals surface area contributed by atoms with Gasteiger partial charge in [0.15, 0.2) is 0 Å². The van der Waals surface area contributed by atoms with Crippen molar-refractivity contribution in [2.75, 3.05) is 33.4 Å². The average Bonchev–Trinajstić information content (AvgIpc) is 2.85. The van der Waals surface area contributed by atoms with Crippen LogP contribution in [-0.4, -0.2) is 63.1 Å². The lowest BCUT2D eigenvalue weighted by molar-refractivity contribution is -0.0635. The summed E-state index contributed by atoms with van der Waals surface area (Å²) in [5.41, 5.74) is 4.91. The molecule has 2 saturated heterocycles. The lowest BCUT2D eigenvalue weighted by Crippen LogP contribution is -2.68. The smallest absolute Gasteiger partial charge is 0.243 e. The third-order valence-corrected chi connectivity index (χ3v) is 10.0. The molecule has 3 aromatic carbocycles. The van der Waals surface area contributed by atoms with Crippen molar-refractivity contribution in [3.05, 3.63) is 89.2 Å². The Labute approximate surface area is 219 Å². The van der Waals surface area contributed by atoms with Crippen molar-refractivity contribution in [1.29, 1.82) is 0 Å². The summed E-state index contributed by atoms with van der Waals surface area (Å²) >= 11 is 0. The topological polar surface area (TPSA) is 49.9 Å². The zero-order valence-corrected chi connectivity index (χ0v) is 22.5. The van der Waals surface area contributed by atoms with Gasteiger partial charge in [0.1, 0.15) is 5.82 Å². The molecule has 196 valence electrons. The zero-order valence-electron chi connectivity index (χ0n) is 21.7. The van der Waals surface area contributed by atoms with E-state index in [1.807, 2.05) is 32.0 Å². The van der Waals surface area contributed by atoms with Crippen molar-refractivity contribution in [1.82, 2.24) is 9.21 Å². The lowest BCUT2D eigenvalue weighted by Gasteiger charge is -2.57. The van der Waals surface area contributed by atoms with Crippen molar-refractivity contribution in [3.8, 4) is 11.1 Å². The van der Waals surface area contributed by atoms with E-state index in [1.54, 1.807) is 29.6 Å². The van der Waals surface area contributed by atoms with E-state index in [4.69, 9.17) is 4.74 Å². The van der Waals surface area contributed by atoms with Crippen molar-refractivity contribution >= 4 is 10.0 Å². The second-order valence-corrected chi connectivity index (χ2v) is 12.2. The maximum absolute atomic E-state index is 13.7. The maximum atomic E-state index is 13.7. The van der Waals surface area contributed by atoms with Crippen LogP contribution in [-0.2, 0) is 14.8 Å². The fraction of sp³-hybridized carbons (Fsp3) is 0.400. The second-order valence-electron chi connectivity index (χ2n) is 10.3. The number of aryl methyl sites for hydroxylation is 2. The summed E-state index contributed by atoms with van der Waals surface area (Å²) in [5, 5.41) is 0. The van der Waals surface area contributed by atoms with E-state index in [9.17, 15) is 12.8 Å². The predicted molar refractivity (Wildman–Crippen MR) is 145 cm³/mol. The van der Waals surface area contributed by atoms with Crippen LogP contribution in [0, 0.1) is 19.7 Å². The van der Waals surface area contributed by atoms with Gasteiger partial charge < -0.3 is 4.74 Å². The third kappa shape index (κ3) is 4.98. The van der Waals surface area contributed by atoms with Crippen LogP contribution in [0.3, 0.4) is 0 Å². The Morgan fingerprint density at radius 3 is 2.38 bits per heavy atom. The van der Waals surface area contributed by atoms with Gasteiger partial charge in [-0.2, -0.15) is 4.31 Å². The highest BCUT2D eigenvalue weighted by Crippen LogP contribution is 2.43. The fourth-order valence-electron chi connectivity index (χ4n) is 6.10. The molecule has 0 amide bonds. The molecule has 0 radical (unpaired) electrons. The Hall–Kier alpha value is -2.58. The predicted octanol–water partition coefficient (Wildman–Crippen LogP) is 5.38. The van der Waals surface area contributed by atoms with Gasteiger partial charge in [-0.05, 0) is 79.3 Å². The van der Waals surface area contributed by atoms with Crippen LogP contribution in [0.4, 0.5) is 4.39 Å². The van der Waals surface area contributed by atoms with Crippen molar-refractivity contribution in [2.45, 2.75) is 49.6 Å². The zero-order chi connectivity index (χ0) is 26.2. The van der Waals surface area contributed by atoms with Gasteiger partial charge in [0.25, 0.3) is 0 Å². The summed E-state index contributed by atoms with van der Waals surface area (Å²) in [6.45, 7) is 6.31. The van der Waals surface area contributed by atoms with Crippen molar-refractivity contribution in [3.63, 3.8) is 0 Å². The quantitative estimate of drug-likeness (QED) is 0.436. The molecule has 2 aliphatic rings. The minimum absolute atomic E-state index is 0.0812. The van der Waals surface area contributed by atoms with E-state index in [2.05, 4.69) is 29.2 Å². The summed E-state index contributed by atoms with van der Waals surface area (Å²) in [4.78, 5) is 2.83. The SMILES string of the molecule is COC[C@@H]1C(c2ccc(-c3ccc(F)cc3C)cc2)[C@@H]2CN(S(=O)(=O)c3ccccc3C)CCCCN12. The standard InChI is InChI=1S/C30H35FN2O3S/c1-21-8-4-5-9-29(21)37(34,35)32-16-6-7-17-33-27(19-32)30(28(33)20-36-3)24-12-10-23(11-13-24)26-15-14-25(31)18-22(26)2/h4-5,8-15,18,27-28,30H,6-7,16-17,19-20H2,1-3H3/t27-,28+,30?/m0/s1. The molecule has 1 unspecified atom stereocenters. The summed E-state index contributed by atoms with van der Waals surface area (Å²) in [5.74, 6) is -0.0692. The number of methoxy groups -OCH3 is 1. The largest absolute Gasteiger partial charge is 0.383 e. The van der Waals surface area contributed by atoms with Gasteiger partial charge in [-0.25, -0.2) is 12.8 Å². The number of benzene rings is 3. The highest BCUT2D eigenvalue weighted by atomic mass is 32.2. The van der Waals surface area contributed by atoms with Gasteiger partial charge >= 0.3 is 0 Å². The minimum atomic E-state index is -3.60. The first-order chi connectivity index (χ1) is 17.8. The molecule has 0 saturated carbocycles. The maximum Gasteiger partial charge on any atom is 0.243 e. The first kappa shape index (κ1) is 26.0. The number of nitrogens with zero attached hydrogens (tertiary/aromatic N) is 2. The molecule has 2 heterocycles. The van der Waals surface area contributed by atoms with E-state index < -0.39 is 10.0 Å². The molecule has 0 bridgehead atoms. The number of ether oxygens (including phenoxy) is 1. The van der Waals surface area contributed by atoms with Crippen LogP contribution in [0.25, 0.3) is 11.1 Å². The number of rotatable bonds is 6. The van der Waals surface area contributed by atoms with Crippen LogP contribution in [0.1, 0.15) is 35.4 Å². The second kappa shape index (κ2) is 10.7. The highest BCUT2D eigenvalue weighted by Gasteiger charge is 2.50. The fourth-order valence-corrected chi connectivity index (χ4v) is 7.82. The van der Waals surface area contributed by atoms with Crippen LogP contribution in [0.2, 0.25) is 0 Å². The van der Waals surface area contributed by atoms with Crippen molar-refractivity contribution < 1.29 is 17.5 Å². The Bertz CT molecular complexity index is 1360. The molecule has 3 atom stereocenters. The Morgan fingerprint density at radius 1 is 0.946 bits per heavy atom. The summed E-state index contributed by atoms with van der Waals surface area (Å²) in [7, 11) is -1.87. The van der Waals surface area contributed by atoms with Gasteiger partial charge in [-0.3, -0.25) is 4.90 Å². The van der Waals surface area contributed by atoms with Gasteiger partial charge in [0.05, 0.1) is 11.5 Å². The minimum Gasteiger partial charge on any atom is -0.383 e. The van der Waals surface area contributed by atoms with Crippen LogP contribution >= 0.6 is 0 Å². The monoisotopic (exact) mass is 522 g/mol. The van der Waals surface area contributed by atoms with Gasteiger partial charge in [0.2, 0.25) is 10.0 Å². The highest BCUT2D eigenvalue weighted by molar-refractivity contribution is 7.89. The first-order valence-corrected chi connectivity index (χ1v) is 14.4. The lowest BCUT2D eigenvalue weighted by atomic mass is 9.74. The number of hydrogen-bond donors (Lipinski definition) is 0. The Morgan fingerprint density at radius 2 is 1.68 bits per heavy atom. The van der Waals surface area contributed by atoms with Crippen LogP contribution < -0.4 is 0 Å². The van der Waals surface area contributed by atoms with E-state index >= 15 is 0 Å². The van der Waals surface area contributed by atoms with E-state index in [0.29, 0.717) is 24.6 Å². The molecule has 0 N–H and O–H groups in total. The number of fused-ring (bicyclic) bond motifs is 1. The molecule has 5 rings (SSSR count). The van der Waals surface area contributed by atoms with Gasteiger partial charge in [-0.15, -0.1) is 0 Å². The normalized spacial score (nSPS) is 23.1. The first-order valence-electron chi connectivity index (χ1n) is 13.0. The third-order valence-electron chi connectivity index (χ3n) is 7.99. The molecule has 7 heteroatoms. The van der Waals surface area contributed by atoms with Crippen LogP contribution in [0.5, 0.6) is 0 Å². The molecule has 5 nitrogen and oxygen atoms in total. The number of halogens is 1. The Balaban J connectivity index is 1.45. The molecule has 37 heavy (non-hydrogen) atoms. The molecule has 0 aromatic heterocycles. The molecule has 2 fully saturated rings. The number of sulfonamides is 1. The molecular formula is C30H35FN2O3S. The van der Waals surface area contributed by atoms with E-state index in [1.165, 1.54) is 11.6 Å². The van der Waals surface area contributed by atoms with E-state index in [-0.39, 0.29) is 23.8 Å². The van der Waals surface area contributed by atoms with Crippen molar-refractivity contribution in [2.24, 2.45) is 0 Å². The molecular weight excluding hydrogens is 487 g/mol. The van der Waals surface area contributed by atoms with Gasteiger partial charge in [-0.1, -0.05) is 48.5 Å². The Kier molecular flexibility index (Phi) is 7.50. The van der Waals surface area contributed by atoms with Gasteiger partial charge in [0, 0.05) is 38.2 Å². The van der Waals surface area contributed by atoms with E-state index in [0.717, 1.165) is 41.6 Å². The molecule has 0 aliphatic carbocycles. The van der Waals surface area contributed by atoms with Crippen LogP contribution in [0.15, 0.2) is 71.6 Å². The molecule has 3 aromatic rings. The molecule has 2 aliphatic heterocycles. The summed E-state index contributed by atoms with van der Waals surface area (Å²) in [6, 6.07) is 20.8. The number of hydrogen-bond acceptors (Lipinski definition) is 4. The molecule has 0 spiro atoms. The summed E-state index contributed by atoms with van der Waals surface area (Å²) < 4.78 is 48.3. The average molecular weight is 523 g/mol.